The molecule has 3 aromatic carbocycles. The van der Waals surface area contributed by atoms with Crippen LogP contribution in [0.5, 0.6) is 0 Å². The molecule has 3 saturated carbocycles. The molecular formula is C29H32NP. The van der Waals surface area contributed by atoms with Gasteiger partial charge < -0.3 is 0 Å². The summed E-state index contributed by atoms with van der Waals surface area (Å²) in [5, 5.41) is 4.17. The summed E-state index contributed by atoms with van der Waals surface area (Å²) >= 11 is 0. The highest BCUT2D eigenvalue weighted by atomic mass is 31.1. The van der Waals surface area contributed by atoms with Crippen LogP contribution in [-0.4, -0.2) is 12.8 Å². The number of hydrogen-bond donors (Lipinski definition) is 0. The van der Waals surface area contributed by atoms with Gasteiger partial charge in [-0.3, -0.25) is 4.99 Å². The lowest BCUT2D eigenvalue weighted by atomic mass is 9.45. The second-order valence-electron chi connectivity index (χ2n) is 9.76. The summed E-state index contributed by atoms with van der Waals surface area (Å²) in [4.78, 5) is 5.02. The molecule has 0 spiro atoms. The van der Waals surface area contributed by atoms with Gasteiger partial charge in [-0.25, -0.2) is 0 Å². The van der Waals surface area contributed by atoms with Crippen molar-refractivity contribution in [2.75, 3.05) is 6.54 Å². The predicted molar refractivity (Wildman–Crippen MR) is 136 cm³/mol. The molecular weight excluding hydrogens is 393 g/mol. The first kappa shape index (κ1) is 20.7. The maximum Gasteiger partial charge on any atom is 0.0420 e. The first-order valence-electron chi connectivity index (χ1n) is 11.6. The van der Waals surface area contributed by atoms with Crippen molar-refractivity contribution in [2.45, 2.75) is 33.1 Å². The van der Waals surface area contributed by atoms with E-state index in [0.29, 0.717) is 5.41 Å². The number of nitrogens with zero attached hydrogens (tertiary/aromatic N) is 1. The van der Waals surface area contributed by atoms with E-state index >= 15 is 0 Å². The van der Waals surface area contributed by atoms with Gasteiger partial charge in [0.2, 0.25) is 0 Å². The third-order valence-corrected chi connectivity index (χ3v) is 10.3. The van der Waals surface area contributed by atoms with Gasteiger partial charge in [-0.05, 0) is 66.3 Å². The van der Waals surface area contributed by atoms with Gasteiger partial charge >= 0.3 is 0 Å². The van der Waals surface area contributed by atoms with Crippen LogP contribution in [0.15, 0.2) is 89.9 Å². The maximum atomic E-state index is 5.02. The van der Waals surface area contributed by atoms with Crippen LogP contribution in [0.3, 0.4) is 0 Å². The fraction of sp³-hybridized carbons (Fsp3) is 0.345. The summed E-state index contributed by atoms with van der Waals surface area (Å²) in [6, 6.07) is 30.8. The Morgan fingerprint density at radius 3 is 2.06 bits per heavy atom. The lowest BCUT2D eigenvalue weighted by Crippen LogP contribution is -2.53. The fourth-order valence-electron chi connectivity index (χ4n) is 5.85. The SMILES string of the molecule is CC1(C)C2CCC(CN=Cc3ccccc3P(c3ccccc3)c3ccccc3)C1C2. The molecule has 3 aliphatic carbocycles. The molecule has 2 heteroatoms. The van der Waals surface area contributed by atoms with Gasteiger partial charge in [0.25, 0.3) is 0 Å². The van der Waals surface area contributed by atoms with Gasteiger partial charge in [0.05, 0.1) is 0 Å². The minimum absolute atomic E-state index is 0.533. The van der Waals surface area contributed by atoms with E-state index in [1.54, 1.807) is 0 Å². The van der Waals surface area contributed by atoms with Gasteiger partial charge in [-0.1, -0.05) is 98.8 Å². The number of hydrogen-bond acceptors (Lipinski definition) is 1. The number of aliphatic imine (C=N–C) groups is 1. The molecule has 3 fully saturated rings. The summed E-state index contributed by atoms with van der Waals surface area (Å²) in [6.45, 7) is 5.93. The van der Waals surface area contributed by atoms with E-state index in [1.165, 1.54) is 40.7 Å². The molecule has 0 heterocycles. The van der Waals surface area contributed by atoms with Crippen LogP contribution in [0.1, 0.15) is 38.7 Å². The summed E-state index contributed by atoms with van der Waals surface area (Å²) in [7, 11) is -0.605. The molecule has 6 rings (SSSR count). The third kappa shape index (κ3) is 4.01. The zero-order valence-electron chi connectivity index (χ0n) is 18.6. The Kier molecular flexibility index (Phi) is 5.81. The summed E-state index contributed by atoms with van der Waals surface area (Å²) in [5.74, 6) is 2.58. The molecule has 158 valence electrons. The zero-order valence-corrected chi connectivity index (χ0v) is 19.5. The van der Waals surface area contributed by atoms with E-state index in [1.807, 2.05) is 0 Å². The molecule has 3 aromatic rings. The summed E-state index contributed by atoms with van der Waals surface area (Å²) in [6.07, 6.45) is 6.34. The van der Waals surface area contributed by atoms with Gasteiger partial charge in [0, 0.05) is 18.3 Å². The van der Waals surface area contributed by atoms with Gasteiger partial charge in [0.15, 0.2) is 0 Å². The van der Waals surface area contributed by atoms with Gasteiger partial charge in [-0.2, -0.15) is 0 Å². The lowest BCUT2D eigenvalue weighted by Gasteiger charge is -2.60. The predicted octanol–water partition coefficient (Wildman–Crippen LogP) is 5.94. The molecule has 0 radical (unpaired) electrons. The van der Waals surface area contributed by atoms with Crippen LogP contribution in [0.4, 0.5) is 0 Å². The second-order valence-corrected chi connectivity index (χ2v) is 11.9. The van der Waals surface area contributed by atoms with Gasteiger partial charge in [0.1, 0.15) is 0 Å². The van der Waals surface area contributed by atoms with Crippen molar-refractivity contribution in [3.8, 4) is 0 Å². The Morgan fingerprint density at radius 1 is 0.839 bits per heavy atom. The average Bonchev–Trinajstić information content (AvgIpc) is 2.82. The molecule has 3 aliphatic rings. The molecule has 3 atom stereocenters. The highest BCUT2D eigenvalue weighted by molar-refractivity contribution is 7.80. The van der Waals surface area contributed by atoms with Crippen LogP contribution in [0.25, 0.3) is 0 Å². The normalized spacial score (nSPS) is 24.3. The van der Waals surface area contributed by atoms with E-state index in [2.05, 4.69) is 105 Å². The van der Waals surface area contributed by atoms with Crippen LogP contribution in [0, 0.1) is 23.2 Å². The quantitative estimate of drug-likeness (QED) is 0.343. The standard InChI is InChI=1S/C29H32NP/c1-29(2)24-18-17-22(27(29)19-24)20-30-21-23-11-9-10-16-28(23)31(25-12-5-3-6-13-25)26-14-7-4-8-15-26/h3-16,21-22,24,27H,17-20H2,1-2H3. The van der Waals surface area contributed by atoms with Crippen molar-refractivity contribution in [2.24, 2.45) is 28.2 Å². The second kappa shape index (κ2) is 8.71. The Bertz CT molecular complexity index is 999. The monoisotopic (exact) mass is 425 g/mol. The minimum atomic E-state index is -0.605. The van der Waals surface area contributed by atoms with Crippen LogP contribution in [-0.2, 0) is 0 Å². The fourth-order valence-corrected chi connectivity index (χ4v) is 8.27. The lowest BCUT2D eigenvalue weighted by molar-refractivity contribution is -0.101. The molecule has 31 heavy (non-hydrogen) atoms. The molecule has 0 amide bonds. The molecule has 3 unspecified atom stereocenters. The van der Waals surface area contributed by atoms with Crippen molar-refractivity contribution in [1.82, 2.24) is 0 Å². The molecule has 0 N–H and O–H groups in total. The van der Waals surface area contributed by atoms with Crippen molar-refractivity contribution < 1.29 is 0 Å². The largest absolute Gasteiger partial charge is 0.292 e. The molecule has 0 aromatic heterocycles. The highest BCUT2D eigenvalue weighted by Crippen LogP contribution is 2.61. The topological polar surface area (TPSA) is 12.4 Å². The Morgan fingerprint density at radius 2 is 1.45 bits per heavy atom. The van der Waals surface area contributed by atoms with Crippen molar-refractivity contribution in [1.29, 1.82) is 0 Å². The van der Waals surface area contributed by atoms with E-state index in [0.717, 1.165) is 24.3 Å². The van der Waals surface area contributed by atoms with Crippen molar-refractivity contribution in [3.05, 3.63) is 90.5 Å². The van der Waals surface area contributed by atoms with Crippen LogP contribution < -0.4 is 15.9 Å². The van der Waals surface area contributed by atoms with Crippen molar-refractivity contribution >= 4 is 30.0 Å². The summed E-state index contributed by atoms with van der Waals surface area (Å²) < 4.78 is 0. The van der Waals surface area contributed by atoms with E-state index in [-0.39, 0.29) is 0 Å². The zero-order chi connectivity index (χ0) is 21.3. The Labute approximate surface area is 188 Å². The first-order chi connectivity index (χ1) is 15.1. The smallest absolute Gasteiger partial charge is 0.0420 e. The minimum Gasteiger partial charge on any atom is -0.292 e. The van der Waals surface area contributed by atoms with Crippen molar-refractivity contribution in [3.63, 3.8) is 0 Å². The number of benzene rings is 3. The number of rotatable bonds is 6. The molecule has 0 saturated heterocycles. The maximum absolute atomic E-state index is 5.02. The van der Waals surface area contributed by atoms with E-state index in [9.17, 15) is 0 Å². The Hall–Kier alpha value is -2.24. The molecule has 0 aliphatic heterocycles. The Balaban J connectivity index is 1.43. The average molecular weight is 426 g/mol. The van der Waals surface area contributed by atoms with Crippen LogP contribution >= 0.6 is 7.92 Å². The molecule has 1 nitrogen and oxygen atoms in total. The van der Waals surface area contributed by atoms with Crippen LogP contribution in [0.2, 0.25) is 0 Å². The first-order valence-corrected chi connectivity index (χ1v) is 13.0. The summed E-state index contributed by atoms with van der Waals surface area (Å²) in [5.41, 5.74) is 1.80. The van der Waals surface area contributed by atoms with Gasteiger partial charge in [-0.15, -0.1) is 0 Å². The third-order valence-electron chi connectivity index (χ3n) is 7.78. The van der Waals surface area contributed by atoms with E-state index in [4.69, 9.17) is 4.99 Å². The van der Waals surface area contributed by atoms with E-state index < -0.39 is 7.92 Å². The highest BCUT2D eigenvalue weighted by Gasteiger charge is 2.53. The number of fused-ring (bicyclic) bond motifs is 2. The molecule has 2 bridgehead atoms.